The van der Waals surface area contributed by atoms with E-state index in [4.69, 9.17) is 21.5 Å². The molecule has 1 aliphatic heterocycles. The standard InChI is InChI=1S/C22H26ClN5O2S2.C2HF3O2/c1-16(17-6-4-3-5-7-17)28-10-8-18(9-11-28)27(2)22-20(23)12-19(13-24-22)32(29,30)26-21-14-31-15-25-21;3-2(4,5)1(6)7/h3-7,12-16,18,26H,8-11H2,1-2H3;(H,6,7). The zero-order valence-electron chi connectivity index (χ0n) is 21.0. The van der Waals surface area contributed by atoms with Gasteiger partial charge in [0, 0.05) is 43.8 Å². The van der Waals surface area contributed by atoms with Gasteiger partial charge < -0.3 is 10.0 Å². The fourth-order valence-electron chi connectivity index (χ4n) is 4.05. The number of halogens is 4. The molecule has 15 heteroatoms. The third kappa shape index (κ3) is 8.27. The van der Waals surface area contributed by atoms with E-state index < -0.39 is 22.2 Å². The van der Waals surface area contributed by atoms with Crippen LogP contribution in [0.2, 0.25) is 5.02 Å². The van der Waals surface area contributed by atoms with E-state index in [0.717, 1.165) is 25.9 Å². The molecule has 1 atom stereocenters. The van der Waals surface area contributed by atoms with Gasteiger partial charge in [-0.25, -0.2) is 23.2 Å². The van der Waals surface area contributed by atoms with Crippen molar-refractivity contribution in [3.63, 3.8) is 0 Å². The molecular formula is C24H27ClF3N5O4S2. The van der Waals surface area contributed by atoms with Crippen LogP contribution in [0.5, 0.6) is 0 Å². The number of hydrogen-bond acceptors (Lipinski definition) is 8. The molecule has 3 aromatic rings. The minimum absolute atomic E-state index is 0.0131. The lowest BCUT2D eigenvalue weighted by Crippen LogP contribution is -2.44. The molecule has 0 bridgehead atoms. The zero-order chi connectivity index (χ0) is 28.8. The third-order valence-electron chi connectivity index (χ3n) is 6.23. The average Bonchev–Trinajstić information content (AvgIpc) is 3.40. The predicted octanol–water partition coefficient (Wildman–Crippen LogP) is 5.29. The number of aliphatic carboxylic acids is 1. The number of carboxylic acid groups (broad SMARTS) is 1. The lowest BCUT2D eigenvalue weighted by atomic mass is 9.99. The number of aromatic nitrogens is 2. The van der Waals surface area contributed by atoms with E-state index in [1.807, 2.05) is 13.1 Å². The highest BCUT2D eigenvalue weighted by molar-refractivity contribution is 7.92. The Hall–Kier alpha value is -2.94. The van der Waals surface area contributed by atoms with Gasteiger partial charge in [0.2, 0.25) is 0 Å². The highest BCUT2D eigenvalue weighted by Gasteiger charge is 2.38. The summed E-state index contributed by atoms with van der Waals surface area (Å²) in [4.78, 5) is 21.8. The van der Waals surface area contributed by atoms with Gasteiger partial charge in [0.25, 0.3) is 10.0 Å². The molecule has 9 nitrogen and oxygen atoms in total. The Morgan fingerprint density at radius 3 is 2.36 bits per heavy atom. The fourth-order valence-corrected chi connectivity index (χ4v) is 5.95. The number of nitrogens with one attached hydrogen (secondary N) is 1. The lowest BCUT2D eigenvalue weighted by molar-refractivity contribution is -0.192. The first kappa shape index (κ1) is 30.6. The van der Waals surface area contributed by atoms with Crippen LogP contribution < -0.4 is 9.62 Å². The minimum atomic E-state index is -5.08. The second-order valence-electron chi connectivity index (χ2n) is 8.72. The quantitative estimate of drug-likeness (QED) is 0.373. The molecule has 0 radical (unpaired) electrons. The molecule has 1 aliphatic rings. The van der Waals surface area contributed by atoms with Crippen molar-refractivity contribution in [2.24, 2.45) is 0 Å². The molecule has 2 aromatic heterocycles. The molecule has 1 aromatic carbocycles. The summed E-state index contributed by atoms with van der Waals surface area (Å²) in [5, 5.41) is 9.06. The molecule has 3 heterocycles. The van der Waals surface area contributed by atoms with Gasteiger partial charge in [0.05, 0.1) is 10.5 Å². The number of anilines is 2. The van der Waals surface area contributed by atoms with E-state index in [2.05, 4.69) is 55.7 Å². The summed E-state index contributed by atoms with van der Waals surface area (Å²) in [6, 6.07) is 12.7. The van der Waals surface area contributed by atoms with Gasteiger partial charge in [-0.2, -0.15) is 13.2 Å². The van der Waals surface area contributed by atoms with Crippen LogP contribution in [0.1, 0.15) is 31.4 Å². The van der Waals surface area contributed by atoms with Crippen molar-refractivity contribution in [3.8, 4) is 0 Å². The zero-order valence-corrected chi connectivity index (χ0v) is 23.4. The van der Waals surface area contributed by atoms with E-state index in [1.54, 1.807) is 10.9 Å². The van der Waals surface area contributed by atoms with Crippen LogP contribution in [0, 0.1) is 0 Å². The van der Waals surface area contributed by atoms with Crippen LogP contribution in [-0.2, 0) is 14.8 Å². The highest BCUT2D eigenvalue weighted by Crippen LogP contribution is 2.31. The molecule has 39 heavy (non-hydrogen) atoms. The van der Waals surface area contributed by atoms with Crippen LogP contribution in [0.25, 0.3) is 0 Å². The van der Waals surface area contributed by atoms with E-state index in [9.17, 15) is 21.6 Å². The van der Waals surface area contributed by atoms with Crippen molar-refractivity contribution < 1.29 is 31.5 Å². The molecule has 2 N–H and O–H groups in total. The number of carboxylic acids is 1. The largest absolute Gasteiger partial charge is 0.490 e. The van der Waals surface area contributed by atoms with Crippen LogP contribution in [0.3, 0.4) is 0 Å². The third-order valence-corrected chi connectivity index (χ3v) is 8.42. The molecule has 0 spiro atoms. The number of nitrogens with zero attached hydrogens (tertiary/aromatic N) is 4. The number of piperidine rings is 1. The van der Waals surface area contributed by atoms with Crippen LogP contribution in [0.4, 0.5) is 24.8 Å². The van der Waals surface area contributed by atoms with Crippen molar-refractivity contribution >= 4 is 50.6 Å². The topological polar surface area (TPSA) is 116 Å². The maximum Gasteiger partial charge on any atom is 0.490 e. The molecule has 0 aliphatic carbocycles. The van der Waals surface area contributed by atoms with Crippen LogP contribution in [-0.4, -0.2) is 66.7 Å². The first-order chi connectivity index (χ1) is 18.3. The molecule has 4 rings (SSSR count). The molecule has 0 amide bonds. The Kier molecular flexibility index (Phi) is 10.2. The Balaban J connectivity index is 0.000000532. The maximum atomic E-state index is 12.6. The number of carbonyl (C=O) groups is 1. The summed E-state index contributed by atoms with van der Waals surface area (Å²) >= 11 is 7.78. The summed E-state index contributed by atoms with van der Waals surface area (Å²) in [6.45, 7) is 4.20. The van der Waals surface area contributed by atoms with Crippen molar-refractivity contribution in [2.75, 3.05) is 29.8 Å². The number of alkyl halides is 3. The summed E-state index contributed by atoms with van der Waals surface area (Å²) in [6.07, 6.45) is -1.77. The average molecular weight is 606 g/mol. The van der Waals surface area contributed by atoms with Crippen molar-refractivity contribution in [3.05, 3.63) is 64.1 Å². The Bertz CT molecular complexity index is 1340. The number of pyridine rings is 1. The fraction of sp³-hybridized carbons (Fsp3) is 0.375. The summed E-state index contributed by atoms with van der Waals surface area (Å²) in [5.74, 6) is -1.88. The Morgan fingerprint density at radius 2 is 1.85 bits per heavy atom. The number of sulfonamides is 1. The van der Waals surface area contributed by atoms with Gasteiger partial charge in [-0.3, -0.25) is 9.62 Å². The number of hydrogen-bond donors (Lipinski definition) is 2. The summed E-state index contributed by atoms with van der Waals surface area (Å²) in [7, 11) is -1.83. The van der Waals surface area contributed by atoms with Gasteiger partial charge >= 0.3 is 12.1 Å². The number of likely N-dealkylation sites (tertiary alicyclic amines) is 1. The monoisotopic (exact) mass is 605 g/mol. The van der Waals surface area contributed by atoms with Gasteiger partial charge in [-0.15, -0.1) is 11.3 Å². The lowest BCUT2D eigenvalue weighted by Gasteiger charge is -2.40. The van der Waals surface area contributed by atoms with E-state index >= 15 is 0 Å². The highest BCUT2D eigenvalue weighted by atomic mass is 35.5. The number of thiazole rings is 1. The molecule has 1 fully saturated rings. The number of benzene rings is 1. The van der Waals surface area contributed by atoms with E-state index in [1.165, 1.54) is 29.2 Å². The molecular weight excluding hydrogens is 579 g/mol. The number of rotatable bonds is 7. The van der Waals surface area contributed by atoms with E-state index in [0.29, 0.717) is 16.9 Å². The van der Waals surface area contributed by atoms with Crippen LogP contribution >= 0.6 is 22.9 Å². The van der Waals surface area contributed by atoms with Crippen molar-refractivity contribution in [1.29, 1.82) is 0 Å². The second-order valence-corrected chi connectivity index (χ2v) is 11.5. The van der Waals surface area contributed by atoms with Crippen molar-refractivity contribution in [1.82, 2.24) is 14.9 Å². The molecule has 1 unspecified atom stereocenters. The molecule has 212 valence electrons. The maximum absolute atomic E-state index is 12.6. The van der Waals surface area contributed by atoms with Crippen LogP contribution in [0.15, 0.2) is 58.4 Å². The summed E-state index contributed by atoms with van der Waals surface area (Å²) < 4.78 is 59.3. The van der Waals surface area contributed by atoms with E-state index in [-0.39, 0.29) is 16.8 Å². The minimum Gasteiger partial charge on any atom is -0.475 e. The molecule has 0 saturated carbocycles. The second kappa shape index (κ2) is 12.9. The summed E-state index contributed by atoms with van der Waals surface area (Å²) in [5.41, 5.74) is 2.89. The SMILES string of the molecule is CC(c1ccccc1)N1CCC(N(C)c2ncc(S(=O)(=O)Nc3cscn3)cc2Cl)CC1.O=C(O)C(F)(F)F. The van der Waals surface area contributed by atoms with Gasteiger partial charge in [-0.1, -0.05) is 41.9 Å². The first-order valence-electron chi connectivity index (χ1n) is 11.7. The Morgan fingerprint density at radius 1 is 1.23 bits per heavy atom. The first-order valence-corrected chi connectivity index (χ1v) is 14.5. The Labute approximate surface area is 233 Å². The smallest absolute Gasteiger partial charge is 0.475 e. The predicted molar refractivity (Wildman–Crippen MR) is 144 cm³/mol. The normalized spacial score (nSPS) is 15.6. The van der Waals surface area contributed by atoms with Gasteiger partial charge in [-0.05, 0) is 31.4 Å². The van der Waals surface area contributed by atoms with Gasteiger partial charge in [0.15, 0.2) is 5.82 Å². The van der Waals surface area contributed by atoms with Crippen molar-refractivity contribution in [2.45, 2.75) is 42.9 Å². The van der Waals surface area contributed by atoms with Gasteiger partial charge in [0.1, 0.15) is 10.7 Å². The molecule has 1 saturated heterocycles.